The van der Waals surface area contributed by atoms with Crippen molar-refractivity contribution in [2.45, 2.75) is 25.7 Å². The minimum absolute atomic E-state index is 0.0865. The van der Waals surface area contributed by atoms with Gasteiger partial charge in [0.2, 0.25) is 0 Å². The number of ether oxygens (including phenoxy) is 2. The second-order valence-electron chi connectivity index (χ2n) is 2.81. The smallest absolute Gasteiger partial charge is 0.306 e. The molecule has 0 saturated heterocycles. The molecule has 96 valence electrons. The van der Waals surface area contributed by atoms with E-state index in [0.717, 1.165) is 12.8 Å². The van der Waals surface area contributed by atoms with Crippen molar-refractivity contribution in [3.63, 3.8) is 0 Å². The Morgan fingerprint density at radius 1 is 0.875 bits per heavy atom. The maximum Gasteiger partial charge on any atom is 0.306 e. The van der Waals surface area contributed by atoms with Gasteiger partial charge in [0.05, 0.1) is 27.1 Å². The Kier molecular flexibility index (Phi) is 15.0. The van der Waals surface area contributed by atoms with E-state index in [1.807, 2.05) is 0 Å². The summed E-state index contributed by atoms with van der Waals surface area (Å²) in [6.07, 6.45) is 1.61. The van der Waals surface area contributed by atoms with Crippen molar-refractivity contribution in [2.24, 2.45) is 0 Å². The molecule has 0 bridgehead atoms. The normalized spacial score (nSPS) is 8.75. The topological polar surface area (TPSA) is 93.1 Å². The summed E-state index contributed by atoms with van der Waals surface area (Å²) in [5.74, 6) is -0.796. The molecule has 0 saturated carbocycles. The van der Waals surface area contributed by atoms with Crippen LogP contribution in [0.5, 0.6) is 0 Å². The number of aliphatic hydroxyl groups is 2. The fourth-order valence-corrected chi connectivity index (χ4v) is 0.632. The van der Waals surface area contributed by atoms with Crippen molar-refractivity contribution in [3.8, 4) is 0 Å². The standard InChI is InChI=1S/C6H10O4.C4H10O2/c1-9-5(7)3-4-6(8)10-2;5-3-1-2-4-6/h3-4H2,1-2H3;5-6H,1-4H2. The zero-order chi connectivity index (χ0) is 12.8. The van der Waals surface area contributed by atoms with E-state index in [2.05, 4.69) is 9.47 Å². The van der Waals surface area contributed by atoms with Gasteiger partial charge in [-0.25, -0.2) is 0 Å². The average Bonchev–Trinajstić information content (AvgIpc) is 2.33. The molecular formula is C10H20O6. The number of hydrogen-bond acceptors (Lipinski definition) is 6. The molecule has 0 fully saturated rings. The highest BCUT2D eigenvalue weighted by atomic mass is 16.5. The third kappa shape index (κ3) is 15.3. The predicted molar refractivity (Wildman–Crippen MR) is 56.7 cm³/mol. The molecule has 0 atom stereocenters. The molecule has 0 aromatic heterocycles. The summed E-state index contributed by atoms with van der Waals surface area (Å²) in [4.78, 5) is 20.8. The molecule has 6 nitrogen and oxygen atoms in total. The summed E-state index contributed by atoms with van der Waals surface area (Å²) >= 11 is 0. The third-order valence-electron chi connectivity index (χ3n) is 1.55. The quantitative estimate of drug-likeness (QED) is 0.492. The van der Waals surface area contributed by atoms with Crippen molar-refractivity contribution >= 4 is 11.9 Å². The summed E-state index contributed by atoms with van der Waals surface area (Å²) in [6.45, 7) is 0.390. The Morgan fingerprint density at radius 2 is 1.19 bits per heavy atom. The molecule has 0 aliphatic heterocycles. The summed E-state index contributed by atoms with van der Waals surface area (Å²) in [5, 5.41) is 16.2. The van der Waals surface area contributed by atoms with Gasteiger partial charge in [-0.05, 0) is 12.8 Å². The highest BCUT2D eigenvalue weighted by Gasteiger charge is 2.05. The van der Waals surface area contributed by atoms with Crippen LogP contribution in [-0.2, 0) is 19.1 Å². The molecule has 6 heteroatoms. The molecule has 16 heavy (non-hydrogen) atoms. The van der Waals surface area contributed by atoms with Crippen LogP contribution in [0, 0.1) is 0 Å². The molecule has 0 radical (unpaired) electrons. The van der Waals surface area contributed by atoms with Gasteiger partial charge in [0.25, 0.3) is 0 Å². The van der Waals surface area contributed by atoms with Crippen molar-refractivity contribution < 1.29 is 29.3 Å². The van der Waals surface area contributed by atoms with Gasteiger partial charge in [-0.2, -0.15) is 0 Å². The van der Waals surface area contributed by atoms with Gasteiger partial charge < -0.3 is 19.7 Å². The van der Waals surface area contributed by atoms with Gasteiger partial charge >= 0.3 is 11.9 Å². The van der Waals surface area contributed by atoms with E-state index >= 15 is 0 Å². The first kappa shape index (κ1) is 17.3. The zero-order valence-corrected chi connectivity index (χ0v) is 9.77. The van der Waals surface area contributed by atoms with Crippen molar-refractivity contribution in [1.29, 1.82) is 0 Å². The molecule has 0 heterocycles. The van der Waals surface area contributed by atoms with Crippen LogP contribution < -0.4 is 0 Å². The Bertz CT molecular complexity index is 160. The Balaban J connectivity index is 0. The predicted octanol–water partition coefficient (Wildman–Crippen LogP) is -0.136. The van der Waals surface area contributed by atoms with Crippen LogP contribution >= 0.6 is 0 Å². The van der Waals surface area contributed by atoms with Crippen LogP contribution in [0.2, 0.25) is 0 Å². The zero-order valence-electron chi connectivity index (χ0n) is 9.77. The van der Waals surface area contributed by atoms with E-state index in [1.165, 1.54) is 14.2 Å². The molecule has 0 aliphatic carbocycles. The number of carbonyl (C=O) groups is 2. The fraction of sp³-hybridized carbons (Fsp3) is 0.800. The van der Waals surface area contributed by atoms with E-state index in [9.17, 15) is 9.59 Å². The number of rotatable bonds is 6. The summed E-state index contributed by atoms with van der Waals surface area (Å²) < 4.78 is 8.60. The van der Waals surface area contributed by atoms with Gasteiger partial charge in [0.15, 0.2) is 0 Å². The first-order valence-corrected chi connectivity index (χ1v) is 4.97. The largest absolute Gasteiger partial charge is 0.469 e. The minimum atomic E-state index is -0.398. The lowest BCUT2D eigenvalue weighted by Crippen LogP contribution is -2.06. The first-order valence-electron chi connectivity index (χ1n) is 4.97. The van der Waals surface area contributed by atoms with Crippen LogP contribution in [0.3, 0.4) is 0 Å². The molecule has 0 rings (SSSR count). The second kappa shape index (κ2) is 13.9. The van der Waals surface area contributed by atoms with Crippen LogP contribution in [-0.4, -0.2) is 49.6 Å². The SMILES string of the molecule is COC(=O)CCC(=O)OC.OCCCCO. The van der Waals surface area contributed by atoms with Crippen LogP contribution in [0.15, 0.2) is 0 Å². The van der Waals surface area contributed by atoms with E-state index in [4.69, 9.17) is 10.2 Å². The second-order valence-corrected chi connectivity index (χ2v) is 2.81. The number of methoxy groups -OCH3 is 2. The van der Waals surface area contributed by atoms with Gasteiger partial charge in [-0.1, -0.05) is 0 Å². The van der Waals surface area contributed by atoms with E-state index in [-0.39, 0.29) is 26.1 Å². The lowest BCUT2D eigenvalue weighted by molar-refractivity contribution is -0.147. The molecule has 0 aliphatic rings. The van der Waals surface area contributed by atoms with Crippen molar-refractivity contribution in [3.05, 3.63) is 0 Å². The Labute approximate surface area is 95.2 Å². The highest BCUT2D eigenvalue weighted by Crippen LogP contribution is 1.92. The lowest BCUT2D eigenvalue weighted by Gasteiger charge is -1.96. The summed E-state index contributed by atoms with van der Waals surface area (Å²) in [5.41, 5.74) is 0. The van der Waals surface area contributed by atoms with Crippen molar-refractivity contribution in [1.82, 2.24) is 0 Å². The van der Waals surface area contributed by atoms with Crippen molar-refractivity contribution in [2.75, 3.05) is 27.4 Å². The molecule has 0 aromatic rings. The van der Waals surface area contributed by atoms with Crippen LogP contribution in [0.25, 0.3) is 0 Å². The molecule has 2 N–H and O–H groups in total. The van der Waals surface area contributed by atoms with Crippen LogP contribution in [0.1, 0.15) is 25.7 Å². The van der Waals surface area contributed by atoms with E-state index in [1.54, 1.807) is 0 Å². The molecule has 0 aromatic carbocycles. The number of carbonyl (C=O) groups excluding carboxylic acids is 2. The highest BCUT2D eigenvalue weighted by molar-refractivity contribution is 5.77. The molecule has 0 unspecified atom stereocenters. The molecular weight excluding hydrogens is 216 g/mol. The summed E-state index contributed by atoms with van der Waals surface area (Å²) in [6, 6.07) is 0. The molecule has 0 spiro atoms. The Hall–Kier alpha value is -1.14. The number of aliphatic hydroxyl groups excluding tert-OH is 2. The maximum atomic E-state index is 10.4. The van der Waals surface area contributed by atoms with E-state index < -0.39 is 11.9 Å². The van der Waals surface area contributed by atoms with E-state index in [0.29, 0.717) is 0 Å². The number of esters is 2. The lowest BCUT2D eigenvalue weighted by atomic mass is 10.3. The fourth-order valence-electron chi connectivity index (χ4n) is 0.632. The number of unbranched alkanes of at least 4 members (excludes halogenated alkanes) is 1. The monoisotopic (exact) mass is 236 g/mol. The van der Waals surface area contributed by atoms with Crippen LogP contribution in [0.4, 0.5) is 0 Å². The minimum Gasteiger partial charge on any atom is -0.469 e. The van der Waals surface area contributed by atoms with Gasteiger partial charge in [0.1, 0.15) is 0 Å². The van der Waals surface area contributed by atoms with Gasteiger partial charge in [0, 0.05) is 13.2 Å². The average molecular weight is 236 g/mol. The molecule has 0 amide bonds. The maximum absolute atomic E-state index is 10.4. The summed E-state index contributed by atoms with van der Waals surface area (Å²) in [7, 11) is 2.55. The first-order chi connectivity index (χ1) is 7.62. The number of hydrogen-bond donors (Lipinski definition) is 2. The third-order valence-corrected chi connectivity index (χ3v) is 1.55. The van der Waals surface area contributed by atoms with Gasteiger partial charge in [-0.3, -0.25) is 9.59 Å². The Morgan fingerprint density at radius 3 is 1.38 bits per heavy atom. The van der Waals surface area contributed by atoms with Gasteiger partial charge in [-0.15, -0.1) is 0 Å².